The fourth-order valence-corrected chi connectivity index (χ4v) is 4.61. The lowest BCUT2D eigenvalue weighted by molar-refractivity contribution is -0.134. The Morgan fingerprint density at radius 2 is 2.12 bits per heavy atom. The molecule has 1 aliphatic rings. The van der Waals surface area contributed by atoms with Crippen molar-refractivity contribution in [2.75, 3.05) is 11.1 Å². The molecule has 2 aromatic heterocycles. The van der Waals surface area contributed by atoms with Gasteiger partial charge in [-0.15, -0.1) is 10.2 Å². The highest BCUT2D eigenvalue weighted by Gasteiger charge is 2.28. The molecule has 2 amide bonds. The van der Waals surface area contributed by atoms with E-state index in [1.807, 2.05) is 4.90 Å². The Morgan fingerprint density at radius 1 is 1.36 bits per heavy atom. The minimum absolute atomic E-state index is 0.126. The predicted octanol–water partition coefficient (Wildman–Crippen LogP) is 3.27. The van der Waals surface area contributed by atoms with Crippen LogP contribution in [0.4, 0.5) is 5.13 Å². The van der Waals surface area contributed by atoms with Gasteiger partial charge in [0.05, 0.1) is 12.0 Å². The van der Waals surface area contributed by atoms with Crippen molar-refractivity contribution in [2.45, 2.75) is 49.5 Å². The summed E-state index contributed by atoms with van der Waals surface area (Å²) in [5, 5.41) is 11.0. The van der Waals surface area contributed by atoms with Gasteiger partial charge in [-0.25, -0.2) is 0 Å². The molecule has 2 atom stereocenters. The normalized spacial score (nSPS) is 20.5. The number of carbonyl (C=O) groups excluding carboxylic acids is 2. The second-order valence-corrected chi connectivity index (χ2v) is 8.22. The zero-order valence-electron chi connectivity index (χ0n) is 14.1. The molecule has 3 rings (SSSR count). The number of likely N-dealkylation sites (tertiary alicyclic amines) is 1. The largest absolute Gasteiger partial charge is 0.459 e. The molecule has 1 aliphatic heterocycles. The average molecular weight is 380 g/mol. The van der Waals surface area contributed by atoms with Crippen LogP contribution in [0.3, 0.4) is 0 Å². The van der Waals surface area contributed by atoms with Gasteiger partial charge in [-0.05, 0) is 45.2 Å². The number of nitrogens with zero attached hydrogens (tertiary/aromatic N) is 3. The van der Waals surface area contributed by atoms with Crippen LogP contribution in [0, 0.1) is 0 Å². The van der Waals surface area contributed by atoms with E-state index in [1.54, 1.807) is 12.1 Å². The van der Waals surface area contributed by atoms with Crippen LogP contribution in [0.15, 0.2) is 27.2 Å². The smallest absolute Gasteiger partial charge is 0.293 e. The molecule has 134 valence electrons. The number of carbonyl (C=O) groups is 2. The zero-order chi connectivity index (χ0) is 17.8. The Balaban J connectivity index is 1.53. The second kappa shape index (κ2) is 8.01. The molecule has 0 radical (unpaired) electrons. The van der Waals surface area contributed by atoms with Gasteiger partial charge in [0.2, 0.25) is 11.0 Å². The van der Waals surface area contributed by atoms with Crippen LogP contribution < -0.4 is 5.32 Å². The SMILES string of the molecule is CC1CCCC(C)N1C(=O)CSc1nnc(NC(=O)c2ccco2)s1. The average Bonchev–Trinajstić information content (AvgIpc) is 3.24. The molecule has 3 heterocycles. The van der Waals surface area contributed by atoms with Gasteiger partial charge in [0.25, 0.3) is 5.91 Å². The fourth-order valence-electron chi connectivity index (χ4n) is 3.00. The van der Waals surface area contributed by atoms with Crippen molar-refractivity contribution in [1.29, 1.82) is 0 Å². The molecular formula is C16H20N4O3S2. The highest BCUT2D eigenvalue weighted by molar-refractivity contribution is 8.01. The minimum Gasteiger partial charge on any atom is -0.459 e. The molecule has 1 fully saturated rings. The number of nitrogens with one attached hydrogen (secondary N) is 1. The van der Waals surface area contributed by atoms with Crippen LogP contribution in [0.1, 0.15) is 43.7 Å². The monoisotopic (exact) mass is 380 g/mol. The van der Waals surface area contributed by atoms with Gasteiger partial charge in [0.1, 0.15) is 0 Å². The van der Waals surface area contributed by atoms with Crippen molar-refractivity contribution in [3.8, 4) is 0 Å². The van der Waals surface area contributed by atoms with Crippen molar-refractivity contribution < 1.29 is 14.0 Å². The molecule has 0 aromatic carbocycles. The molecule has 2 aromatic rings. The molecule has 0 aliphatic carbocycles. The van der Waals surface area contributed by atoms with E-state index < -0.39 is 0 Å². The third kappa shape index (κ3) is 4.40. The number of thioether (sulfide) groups is 1. The van der Waals surface area contributed by atoms with E-state index in [-0.39, 0.29) is 29.7 Å². The number of furan rings is 1. The summed E-state index contributed by atoms with van der Waals surface area (Å²) < 4.78 is 5.68. The maximum atomic E-state index is 12.5. The third-order valence-electron chi connectivity index (χ3n) is 4.17. The summed E-state index contributed by atoms with van der Waals surface area (Å²) in [7, 11) is 0. The Bertz CT molecular complexity index is 722. The van der Waals surface area contributed by atoms with Crippen LogP contribution in [0.2, 0.25) is 0 Å². The molecule has 7 nitrogen and oxygen atoms in total. The Hall–Kier alpha value is -1.87. The number of hydrogen-bond donors (Lipinski definition) is 1. The van der Waals surface area contributed by atoms with Gasteiger partial charge in [0.15, 0.2) is 10.1 Å². The van der Waals surface area contributed by atoms with Gasteiger partial charge in [-0.2, -0.15) is 0 Å². The lowest BCUT2D eigenvalue weighted by Gasteiger charge is -2.39. The van der Waals surface area contributed by atoms with E-state index in [9.17, 15) is 9.59 Å². The van der Waals surface area contributed by atoms with E-state index in [0.29, 0.717) is 15.2 Å². The van der Waals surface area contributed by atoms with Crippen LogP contribution >= 0.6 is 23.1 Å². The first kappa shape index (κ1) is 17.9. The number of anilines is 1. The number of amides is 2. The number of hydrogen-bond acceptors (Lipinski definition) is 7. The van der Waals surface area contributed by atoms with Gasteiger partial charge in [0, 0.05) is 12.1 Å². The quantitative estimate of drug-likeness (QED) is 0.633. The number of aromatic nitrogens is 2. The molecule has 1 saturated heterocycles. The van der Waals surface area contributed by atoms with E-state index >= 15 is 0 Å². The molecular weight excluding hydrogens is 360 g/mol. The van der Waals surface area contributed by atoms with Crippen LogP contribution in [-0.4, -0.2) is 44.7 Å². The van der Waals surface area contributed by atoms with Gasteiger partial charge in [-0.1, -0.05) is 23.1 Å². The minimum atomic E-state index is -0.371. The van der Waals surface area contributed by atoms with Gasteiger partial charge in [-0.3, -0.25) is 14.9 Å². The van der Waals surface area contributed by atoms with E-state index in [0.717, 1.165) is 12.8 Å². The zero-order valence-corrected chi connectivity index (χ0v) is 15.7. The molecule has 0 saturated carbocycles. The first-order chi connectivity index (χ1) is 12.0. The van der Waals surface area contributed by atoms with Crippen molar-refractivity contribution in [1.82, 2.24) is 15.1 Å². The lowest BCUT2D eigenvalue weighted by atomic mass is 9.98. The summed E-state index contributed by atoms with van der Waals surface area (Å²) in [6.07, 6.45) is 4.73. The van der Waals surface area contributed by atoms with Crippen LogP contribution in [0.5, 0.6) is 0 Å². The maximum absolute atomic E-state index is 12.5. The molecule has 25 heavy (non-hydrogen) atoms. The van der Waals surface area contributed by atoms with Gasteiger partial charge >= 0.3 is 0 Å². The molecule has 2 unspecified atom stereocenters. The van der Waals surface area contributed by atoms with Crippen molar-refractivity contribution in [3.63, 3.8) is 0 Å². The van der Waals surface area contributed by atoms with E-state index in [4.69, 9.17) is 4.42 Å². The molecule has 9 heteroatoms. The molecule has 0 spiro atoms. The fraction of sp³-hybridized carbons (Fsp3) is 0.500. The predicted molar refractivity (Wildman–Crippen MR) is 96.9 cm³/mol. The number of piperidine rings is 1. The van der Waals surface area contributed by atoms with Crippen LogP contribution in [-0.2, 0) is 4.79 Å². The molecule has 0 bridgehead atoms. The first-order valence-electron chi connectivity index (χ1n) is 8.17. The van der Waals surface area contributed by atoms with Crippen LogP contribution in [0.25, 0.3) is 0 Å². The summed E-state index contributed by atoms with van der Waals surface area (Å²) >= 11 is 2.60. The second-order valence-electron chi connectivity index (χ2n) is 6.02. The Kier molecular flexibility index (Phi) is 5.74. The standard InChI is InChI=1S/C16H20N4O3S2/c1-10-5-3-6-11(2)20(10)13(21)9-24-16-19-18-15(25-16)17-14(22)12-7-4-8-23-12/h4,7-8,10-11H,3,5-6,9H2,1-2H3,(H,17,18,22). The van der Waals surface area contributed by atoms with E-state index in [2.05, 4.69) is 29.4 Å². The summed E-state index contributed by atoms with van der Waals surface area (Å²) in [4.78, 5) is 26.4. The summed E-state index contributed by atoms with van der Waals surface area (Å²) in [6.45, 7) is 4.21. The highest BCUT2D eigenvalue weighted by Crippen LogP contribution is 2.28. The molecule has 1 N–H and O–H groups in total. The van der Waals surface area contributed by atoms with Crippen molar-refractivity contribution >= 4 is 40.0 Å². The van der Waals surface area contributed by atoms with Crippen molar-refractivity contribution in [3.05, 3.63) is 24.2 Å². The summed E-state index contributed by atoms with van der Waals surface area (Å²) in [6, 6.07) is 3.79. The highest BCUT2D eigenvalue weighted by atomic mass is 32.2. The Morgan fingerprint density at radius 3 is 2.80 bits per heavy atom. The first-order valence-corrected chi connectivity index (χ1v) is 9.97. The summed E-state index contributed by atoms with van der Waals surface area (Å²) in [5.41, 5.74) is 0. The van der Waals surface area contributed by atoms with Gasteiger partial charge < -0.3 is 9.32 Å². The third-order valence-corrected chi connectivity index (χ3v) is 6.13. The van der Waals surface area contributed by atoms with E-state index in [1.165, 1.54) is 35.8 Å². The topological polar surface area (TPSA) is 88.3 Å². The number of rotatable bonds is 5. The maximum Gasteiger partial charge on any atom is 0.293 e. The van der Waals surface area contributed by atoms with Crippen molar-refractivity contribution in [2.24, 2.45) is 0 Å². The Labute approximate surface area is 154 Å². The summed E-state index contributed by atoms with van der Waals surface area (Å²) in [5.74, 6) is 0.300. The lowest BCUT2D eigenvalue weighted by Crippen LogP contribution is -2.48.